The summed E-state index contributed by atoms with van der Waals surface area (Å²) in [5.41, 5.74) is 2.30. The molecule has 7 nitrogen and oxygen atoms in total. The molecule has 0 spiro atoms. The minimum Gasteiger partial charge on any atom is -0.348 e. The lowest BCUT2D eigenvalue weighted by Crippen LogP contribution is -2.24. The summed E-state index contributed by atoms with van der Waals surface area (Å²) in [4.78, 5) is 23.3. The second-order valence-electron chi connectivity index (χ2n) is 5.59. The smallest absolute Gasteiger partial charge is 0.251 e. The molecule has 0 radical (unpaired) electrons. The maximum atomic E-state index is 12.4. The fourth-order valence-electron chi connectivity index (χ4n) is 2.26. The number of hydrogen-bond donors (Lipinski definition) is 3. The molecule has 0 fully saturated rings. The zero-order valence-corrected chi connectivity index (χ0v) is 14.7. The number of nitrogens with one attached hydrogen (secondary N) is 2. The molecule has 0 saturated heterocycles. The summed E-state index contributed by atoms with van der Waals surface area (Å²) in [6.07, 6.45) is 0. The molecule has 0 aromatic heterocycles. The molecule has 0 heterocycles. The summed E-state index contributed by atoms with van der Waals surface area (Å²) in [5, 5.41) is 10.5. The number of nitrogens with two attached hydrogens (primary N) is 1. The Morgan fingerprint density at radius 2 is 1.84 bits per heavy atom. The number of benzene rings is 2. The largest absolute Gasteiger partial charge is 0.348 e. The van der Waals surface area contributed by atoms with Gasteiger partial charge in [-0.1, -0.05) is 18.2 Å². The zero-order valence-electron chi connectivity index (χ0n) is 13.9. The van der Waals surface area contributed by atoms with Crippen molar-refractivity contribution < 1.29 is 18.0 Å². The van der Waals surface area contributed by atoms with Crippen molar-refractivity contribution in [3.8, 4) is 0 Å². The number of carbonyl (C=O) groups excluding carboxylic acids is 2. The summed E-state index contributed by atoms with van der Waals surface area (Å²) in [6.45, 7) is 3.35. The normalized spacial score (nSPS) is 11.0. The van der Waals surface area contributed by atoms with Crippen LogP contribution in [0.5, 0.6) is 0 Å². The number of amides is 2. The molecule has 132 valence electrons. The van der Waals surface area contributed by atoms with Gasteiger partial charge in [0.2, 0.25) is 15.9 Å². The Bertz CT molecular complexity index is 923. The van der Waals surface area contributed by atoms with Crippen LogP contribution < -0.4 is 15.8 Å². The van der Waals surface area contributed by atoms with E-state index in [1.807, 2.05) is 0 Å². The van der Waals surface area contributed by atoms with Crippen LogP contribution in [0.3, 0.4) is 0 Å². The lowest BCUT2D eigenvalue weighted by molar-refractivity contribution is -0.114. The second-order valence-corrected chi connectivity index (χ2v) is 7.15. The Labute approximate surface area is 146 Å². The molecule has 0 unspecified atom stereocenters. The Morgan fingerprint density at radius 1 is 1.12 bits per heavy atom. The highest BCUT2D eigenvalue weighted by Gasteiger charge is 2.14. The van der Waals surface area contributed by atoms with Crippen LogP contribution >= 0.6 is 0 Å². The minimum absolute atomic E-state index is 0.115. The predicted octanol–water partition coefficient (Wildman–Crippen LogP) is 1.53. The number of rotatable bonds is 5. The van der Waals surface area contributed by atoms with E-state index in [2.05, 4.69) is 10.6 Å². The number of aryl methyl sites for hydroxylation is 1. The number of carbonyl (C=O) groups is 2. The fraction of sp³-hybridized carbons (Fsp3) is 0.176. The monoisotopic (exact) mass is 361 g/mol. The van der Waals surface area contributed by atoms with Crippen LogP contribution in [0.2, 0.25) is 0 Å². The molecule has 0 aliphatic heterocycles. The summed E-state index contributed by atoms with van der Waals surface area (Å²) < 4.78 is 22.9. The van der Waals surface area contributed by atoms with Gasteiger partial charge in [-0.25, -0.2) is 13.6 Å². The van der Waals surface area contributed by atoms with E-state index in [4.69, 9.17) is 5.14 Å². The molecule has 2 rings (SSSR count). The first-order valence-electron chi connectivity index (χ1n) is 7.45. The van der Waals surface area contributed by atoms with E-state index in [1.54, 1.807) is 31.2 Å². The van der Waals surface area contributed by atoms with Crippen molar-refractivity contribution in [1.29, 1.82) is 0 Å². The van der Waals surface area contributed by atoms with E-state index in [9.17, 15) is 18.0 Å². The highest BCUT2D eigenvalue weighted by molar-refractivity contribution is 7.89. The van der Waals surface area contributed by atoms with Crippen LogP contribution in [0.15, 0.2) is 47.4 Å². The van der Waals surface area contributed by atoms with Crippen LogP contribution in [-0.2, 0) is 21.4 Å². The maximum absolute atomic E-state index is 12.4. The third-order valence-corrected chi connectivity index (χ3v) is 4.39. The van der Waals surface area contributed by atoms with Crippen molar-refractivity contribution in [1.82, 2.24) is 5.32 Å². The molecule has 0 saturated carbocycles. The molecule has 0 bridgehead atoms. The number of primary sulfonamides is 1. The molecular weight excluding hydrogens is 342 g/mol. The van der Waals surface area contributed by atoms with Gasteiger partial charge in [0.1, 0.15) is 0 Å². The summed E-state index contributed by atoms with van der Waals surface area (Å²) >= 11 is 0. The molecule has 2 amide bonds. The van der Waals surface area contributed by atoms with E-state index in [1.165, 1.54) is 25.1 Å². The molecular formula is C17H19N3O4S. The number of anilines is 1. The van der Waals surface area contributed by atoms with E-state index in [0.29, 0.717) is 11.3 Å². The van der Waals surface area contributed by atoms with Gasteiger partial charge in [0.15, 0.2) is 0 Å². The number of hydrogen-bond acceptors (Lipinski definition) is 4. The van der Waals surface area contributed by atoms with E-state index < -0.39 is 15.9 Å². The van der Waals surface area contributed by atoms with Gasteiger partial charge in [0.05, 0.1) is 4.90 Å². The Hall–Kier alpha value is -2.71. The van der Waals surface area contributed by atoms with Gasteiger partial charge in [0, 0.05) is 24.7 Å². The Kier molecular flexibility index (Phi) is 5.55. The average Bonchev–Trinajstić information content (AvgIpc) is 2.51. The minimum atomic E-state index is -3.88. The third kappa shape index (κ3) is 5.13. The van der Waals surface area contributed by atoms with Gasteiger partial charge in [-0.3, -0.25) is 9.59 Å². The molecule has 0 aliphatic rings. The van der Waals surface area contributed by atoms with Gasteiger partial charge in [-0.15, -0.1) is 0 Å². The Balaban J connectivity index is 2.14. The van der Waals surface area contributed by atoms with Crippen LogP contribution in [0.25, 0.3) is 0 Å². The molecule has 4 N–H and O–H groups in total. The van der Waals surface area contributed by atoms with Crippen molar-refractivity contribution in [3.05, 3.63) is 59.2 Å². The first kappa shape index (κ1) is 18.6. The molecule has 8 heteroatoms. The van der Waals surface area contributed by atoms with Crippen molar-refractivity contribution in [2.75, 3.05) is 5.32 Å². The molecule has 0 atom stereocenters. The predicted molar refractivity (Wildman–Crippen MR) is 94.5 cm³/mol. The third-order valence-electron chi connectivity index (χ3n) is 3.48. The van der Waals surface area contributed by atoms with Crippen molar-refractivity contribution in [3.63, 3.8) is 0 Å². The molecule has 25 heavy (non-hydrogen) atoms. The van der Waals surface area contributed by atoms with Gasteiger partial charge < -0.3 is 10.6 Å². The second kappa shape index (κ2) is 7.45. The van der Waals surface area contributed by atoms with Gasteiger partial charge in [-0.2, -0.15) is 0 Å². The topological polar surface area (TPSA) is 118 Å². The van der Waals surface area contributed by atoms with Gasteiger partial charge >= 0.3 is 0 Å². The summed E-state index contributed by atoms with van der Waals surface area (Å²) in [7, 11) is -3.88. The zero-order chi connectivity index (χ0) is 18.6. The van der Waals surface area contributed by atoms with Crippen LogP contribution in [0.4, 0.5) is 5.69 Å². The molecule has 2 aromatic carbocycles. The fourth-order valence-corrected chi connectivity index (χ4v) is 2.80. The van der Waals surface area contributed by atoms with Crippen molar-refractivity contribution >= 4 is 27.5 Å². The number of sulfonamides is 1. The quantitative estimate of drug-likeness (QED) is 0.748. The highest BCUT2D eigenvalue weighted by atomic mass is 32.2. The molecule has 0 aliphatic carbocycles. The van der Waals surface area contributed by atoms with Crippen LogP contribution in [0.1, 0.15) is 28.4 Å². The standard InChI is InChI=1S/C17H19N3O4S/c1-11-6-7-15(25(18,23)24)9-16(11)17(22)19-10-13-4-3-5-14(8-13)20-12(2)21/h3-9H,10H2,1-2H3,(H,19,22)(H,20,21)(H2,18,23,24). The lowest BCUT2D eigenvalue weighted by atomic mass is 10.1. The van der Waals surface area contributed by atoms with Crippen LogP contribution in [-0.4, -0.2) is 20.2 Å². The highest BCUT2D eigenvalue weighted by Crippen LogP contribution is 2.15. The van der Waals surface area contributed by atoms with Crippen molar-refractivity contribution in [2.24, 2.45) is 5.14 Å². The van der Waals surface area contributed by atoms with Gasteiger partial charge in [0.25, 0.3) is 5.91 Å². The maximum Gasteiger partial charge on any atom is 0.251 e. The SMILES string of the molecule is CC(=O)Nc1cccc(CNC(=O)c2cc(S(N)(=O)=O)ccc2C)c1. The summed E-state index contributed by atoms with van der Waals surface area (Å²) in [6, 6.07) is 11.2. The summed E-state index contributed by atoms with van der Waals surface area (Å²) in [5.74, 6) is -0.593. The first-order chi connectivity index (χ1) is 11.7. The van der Waals surface area contributed by atoms with Crippen LogP contribution in [0, 0.1) is 6.92 Å². The first-order valence-corrected chi connectivity index (χ1v) is 8.99. The average molecular weight is 361 g/mol. The van der Waals surface area contributed by atoms with E-state index >= 15 is 0 Å². The molecule has 2 aromatic rings. The van der Waals surface area contributed by atoms with Gasteiger partial charge in [-0.05, 0) is 42.3 Å². The lowest BCUT2D eigenvalue weighted by Gasteiger charge is -2.10. The van der Waals surface area contributed by atoms with Crippen molar-refractivity contribution in [2.45, 2.75) is 25.3 Å². The van der Waals surface area contributed by atoms with E-state index in [-0.39, 0.29) is 22.9 Å². The Morgan fingerprint density at radius 3 is 2.48 bits per heavy atom. The van der Waals surface area contributed by atoms with E-state index in [0.717, 1.165) is 5.56 Å².